The molecule has 0 aromatic heterocycles. The smallest absolute Gasteiger partial charge is 0.272 e. The number of nitrogens with one attached hydrogen (secondary N) is 3. The molecule has 0 saturated heterocycles. The lowest BCUT2D eigenvalue weighted by atomic mass is 10.1. The Kier molecular flexibility index (Phi) is 10.6. The van der Waals surface area contributed by atoms with Crippen molar-refractivity contribution < 1.29 is 33.3 Å². The summed E-state index contributed by atoms with van der Waals surface area (Å²) < 4.78 is 21.7. The van der Waals surface area contributed by atoms with Crippen LogP contribution in [0.3, 0.4) is 0 Å². The quantitative estimate of drug-likeness (QED) is 0.0922. The summed E-state index contributed by atoms with van der Waals surface area (Å²) >= 11 is 1.33. The van der Waals surface area contributed by atoms with Crippen molar-refractivity contribution in [1.82, 2.24) is 5.32 Å². The lowest BCUT2D eigenvalue weighted by Crippen LogP contribution is -2.30. The van der Waals surface area contributed by atoms with Crippen LogP contribution in [-0.4, -0.2) is 38.7 Å². The Hall–Kier alpha value is -6.20. The van der Waals surface area contributed by atoms with E-state index >= 15 is 0 Å². The molecule has 0 fully saturated rings. The average Bonchev–Trinajstić information content (AvgIpc) is 3.62. The van der Waals surface area contributed by atoms with Crippen LogP contribution in [0.25, 0.3) is 6.08 Å². The molecule has 1 aliphatic rings. The summed E-state index contributed by atoms with van der Waals surface area (Å²) in [4.78, 5) is 41.4. The average molecular weight is 688 g/mol. The van der Waals surface area contributed by atoms with Gasteiger partial charge in [-0.2, -0.15) is 0 Å². The van der Waals surface area contributed by atoms with Gasteiger partial charge in [0.05, 0.1) is 14.2 Å². The Morgan fingerprint density at radius 2 is 1.48 bits per heavy atom. The molecule has 10 nitrogen and oxygen atoms in total. The van der Waals surface area contributed by atoms with Gasteiger partial charge >= 0.3 is 0 Å². The molecule has 5 aromatic carbocycles. The molecule has 5 aromatic rings. The number of thioether (sulfide) groups is 1. The number of carbonyl (C=O) groups excluding carboxylic acids is 3. The van der Waals surface area contributed by atoms with Crippen LogP contribution in [0.15, 0.2) is 132 Å². The standard InChI is InChI=1S/C39H33N3O7S/c1-46-30-18-16-27(34(23-30)47-2)20-32(42-37(43)26-12-7-4-8-13-26)38(44)40-28-14-9-15-31(21-28)50-36(25-10-5-3-6-11-25)39(45)41-29-17-19-33-35(22-29)49-24-48-33/h3-23,36H,24H2,1-2H3,(H,40,44)(H,41,45)(H,42,43)/b32-20+. The minimum absolute atomic E-state index is 0.00866. The molecule has 1 atom stereocenters. The third kappa shape index (κ3) is 8.26. The van der Waals surface area contributed by atoms with Gasteiger partial charge in [-0.25, -0.2) is 0 Å². The van der Waals surface area contributed by atoms with Crippen molar-refractivity contribution in [2.24, 2.45) is 0 Å². The van der Waals surface area contributed by atoms with E-state index in [4.69, 9.17) is 18.9 Å². The van der Waals surface area contributed by atoms with Crippen molar-refractivity contribution in [3.05, 3.63) is 144 Å². The second-order valence-electron chi connectivity index (χ2n) is 10.9. The van der Waals surface area contributed by atoms with E-state index in [9.17, 15) is 14.4 Å². The van der Waals surface area contributed by atoms with E-state index in [1.165, 1.54) is 18.9 Å². The van der Waals surface area contributed by atoms with Crippen LogP contribution >= 0.6 is 11.8 Å². The van der Waals surface area contributed by atoms with E-state index in [-0.39, 0.29) is 18.4 Å². The normalized spacial score (nSPS) is 12.4. The molecule has 1 heterocycles. The third-order valence-corrected chi connectivity index (χ3v) is 8.84. The monoisotopic (exact) mass is 687 g/mol. The lowest BCUT2D eigenvalue weighted by molar-refractivity contribution is -0.116. The Balaban J connectivity index is 1.24. The Bertz CT molecular complexity index is 2040. The van der Waals surface area contributed by atoms with Gasteiger partial charge in [-0.05, 0) is 66.2 Å². The van der Waals surface area contributed by atoms with Crippen LogP contribution < -0.4 is 34.9 Å². The number of methoxy groups -OCH3 is 2. The predicted molar refractivity (Wildman–Crippen MR) is 193 cm³/mol. The van der Waals surface area contributed by atoms with E-state index in [2.05, 4.69) is 16.0 Å². The van der Waals surface area contributed by atoms with Gasteiger partial charge in [0.15, 0.2) is 11.5 Å². The first-order valence-corrected chi connectivity index (χ1v) is 16.4. The van der Waals surface area contributed by atoms with Gasteiger partial charge in [-0.1, -0.05) is 54.6 Å². The summed E-state index contributed by atoms with van der Waals surface area (Å²) in [6.07, 6.45) is 1.54. The SMILES string of the molecule is COc1ccc(/C=C(/NC(=O)c2ccccc2)C(=O)Nc2cccc(SC(C(=O)Nc3ccc4c(c3)OCO4)c3ccccc3)c2)c(OC)c1. The zero-order valence-corrected chi connectivity index (χ0v) is 28.0. The van der Waals surface area contributed by atoms with Crippen molar-refractivity contribution >= 4 is 46.9 Å². The molecule has 252 valence electrons. The highest BCUT2D eigenvalue weighted by Crippen LogP contribution is 2.39. The summed E-state index contributed by atoms with van der Waals surface area (Å²) in [5.74, 6) is 0.957. The fraction of sp³-hybridized carbons (Fsp3) is 0.103. The van der Waals surface area contributed by atoms with E-state index < -0.39 is 17.1 Å². The molecular weight excluding hydrogens is 655 g/mol. The number of fused-ring (bicyclic) bond motifs is 1. The highest BCUT2D eigenvalue weighted by Gasteiger charge is 2.24. The Morgan fingerprint density at radius 3 is 2.24 bits per heavy atom. The van der Waals surface area contributed by atoms with Crippen LogP contribution in [0.2, 0.25) is 0 Å². The van der Waals surface area contributed by atoms with Crippen molar-refractivity contribution in [1.29, 1.82) is 0 Å². The molecule has 0 radical (unpaired) electrons. The van der Waals surface area contributed by atoms with Crippen LogP contribution in [0.1, 0.15) is 26.7 Å². The van der Waals surface area contributed by atoms with Crippen LogP contribution in [0, 0.1) is 0 Å². The van der Waals surface area contributed by atoms with Gasteiger partial charge in [0.1, 0.15) is 22.4 Å². The number of rotatable bonds is 12. The Labute approximate surface area is 293 Å². The minimum atomic E-state index is -0.629. The zero-order valence-electron chi connectivity index (χ0n) is 27.2. The van der Waals surface area contributed by atoms with Crippen LogP contribution in [-0.2, 0) is 9.59 Å². The molecule has 11 heteroatoms. The fourth-order valence-corrected chi connectivity index (χ4v) is 6.18. The summed E-state index contributed by atoms with van der Waals surface area (Å²) in [6, 6.07) is 35.6. The van der Waals surface area contributed by atoms with Crippen LogP contribution in [0.4, 0.5) is 11.4 Å². The van der Waals surface area contributed by atoms with E-state index in [0.717, 1.165) is 10.5 Å². The first kappa shape index (κ1) is 33.7. The molecule has 6 rings (SSSR count). The zero-order chi connectivity index (χ0) is 34.9. The molecule has 1 aliphatic heterocycles. The van der Waals surface area contributed by atoms with Crippen molar-refractivity contribution in [2.45, 2.75) is 10.1 Å². The molecule has 50 heavy (non-hydrogen) atoms. The van der Waals surface area contributed by atoms with Gasteiger partial charge in [0, 0.05) is 39.5 Å². The number of ether oxygens (including phenoxy) is 4. The summed E-state index contributed by atoms with van der Waals surface area (Å²) in [7, 11) is 3.05. The van der Waals surface area contributed by atoms with Crippen LogP contribution in [0.5, 0.6) is 23.0 Å². The second-order valence-corrected chi connectivity index (χ2v) is 12.1. The maximum Gasteiger partial charge on any atom is 0.272 e. The van der Waals surface area contributed by atoms with Crippen molar-refractivity contribution in [2.75, 3.05) is 31.6 Å². The summed E-state index contributed by atoms with van der Waals surface area (Å²) in [5.41, 5.74) is 2.77. The van der Waals surface area contributed by atoms with Crippen molar-refractivity contribution in [3.63, 3.8) is 0 Å². The molecule has 0 saturated carbocycles. The van der Waals surface area contributed by atoms with Gasteiger partial charge in [-0.15, -0.1) is 11.8 Å². The molecule has 3 N–H and O–H groups in total. The molecule has 0 bridgehead atoms. The molecule has 3 amide bonds. The lowest BCUT2D eigenvalue weighted by Gasteiger charge is -2.18. The highest BCUT2D eigenvalue weighted by atomic mass is 32.2. The highest BCUT2D eigenvalue weighted by molar-refractivity contribution is 8.00. The first-order chi connectivity index (χ1) is 24.4. The number of benzene rings is 5. The predicted octanol–water partition coefficient (Wildman–Crippen LogP) is 7.31. The maximum absolute atomic E-state index is 13.8. The van der Waals surface area contributed by atoms with Gasteiger partial charge < -0.3 is 34.9 Å². The number of carbonyl (C=O) groups is 3. The van der Waals surface area contributed by atoms with E-state index in [1.807, 2.05) is 36.4 Å². The molecular formula is C39H33N3O7S. The molecule has 1 unspecified atom stereocenters. The fourth-order valence-electron chi connectivity index (χ4n) is 5.10. The van der Waals surface area contributed by atoms with Gasteiger partial charge in [0.2, 0.25) is 12.7 Å². The number of amides is 3. The van der Waals surface area contributed by atoms with E-state index in [0.29, 0.717) is 45.5 Å². The molecule has 0 aliphatic carbocycles. The topological polar surface area (TPSA) is 124 Å². The van der Waals surface area contributed by atoms with Gasteiger partial charge in [-0.3, -0.25) is 14.4 Å². The first-order valence-electron chi connectivity index (χ1n) is 15.5. The Morgan fingerprint density at radius 1 is 0.740 bits per heavy atom. The third-order valence-electron chi connectivity index (χ3n) is 7.60. The number of anilines is 2. The largest absolute Gasteiger partial charge is 0.497 e. The van der Waals surface area contributed by atoms with Gasteiger partial charge in [0.25, 0.3) is 11.8 Å². The maximum atomic E-state index is 13.8. The van der Waals surface area contributed by atoms with Crippen molar-refractivity contribution in [3.8, 4) is 23.0 Å². The summed E-state index contributed by atoms with van der Waals surface area (Å²) in [5, 5.41) is 8.01. The summed E-state index contributed by atoms with van der Waals surface area (Å²) in [6.45, 7) is 0.133. The molecule has 0 spiro atoms. The second kappa shape index (κ2) is 15.8. The number of hydrogen-bond donors (Lipinski definition) is 3. The number of hydrogen-bond acceptors (Lipinski definition) is 8. The van der Waals surface area contributed by atoms with E-state index in [1.54, 1.807) is 98.1 Å². The minimum Gasteiger partial charge on any atom is -0.497 e.